The Kier molecular flexibility index (Phi) is 2.78. The molecule has 3 heteroatoms. The molecule has 0 spiro atoms. The summed E-state index contributed by atoms with van der Waals surface area (Å²) in [7, 11) is 1.76. The molecule has 0 saturated carbocycles. The van der Waals surface area contributed by atoms with Gasteiger partial charge in [-0.15, -0.1) is 0 Å². The summed E-state index contributed by atoms with van der Waals surface area (Å²) in [6.07, 6.45) is 5.92. The highest BCUT2D eigenvalue weighted by Gasteiger charge is 2.40. The molecule has 3 nitrogen and oxygen atoms in total. The first-order chi connectivity index (χ1) is 9.36. The molecule has 0 amide bonds. The molecule has 0 radical (unpaired) electrons. The lowest BCUT2D eigenvalue weighted by Crippen LogP contribution is -2.53. The zero-order valence-corrected chi connectivity index (χ0v) is 11.6. The summed E-state index contributed by atoms with van der Waals surface area (Å²) in [5, 5.41) is 0. The Bertz CT molecular complexity index is 488. The number of rotatable bonds is 1. The van der Waals surface area contributed by atoms with Gasteiger partial charge in [0.1, 0.15) is 5.75 Å². The average molecular weight is 258 g/mol. The Hall–Kier alpha value is -1.06. The summed E-state index contributed by atoms with van der Waals surface area (Å²) in [5.41, 5.74) is 3.06. The highest BCUT2D eigenvalue weighted by atomic mass is 16.5. The molecule has 1 aromatic carbocycles. The van der Waals surface area contributed by atoms with Crippen molar-refractivity contribution in [3.63, 3.8) is 0 Å². The van der Waals surface area contributed by atoms with Crippen LogP contribution >= 0.6 is 0 Å². The fourth-order valence-electron chi connectivity index (χ4n) is 4.25. The Labute approximate surface area is 115 Å². The van der Waals surface area contributed by atoms with Gasteiger partial charge < -0.3 is 4.74 Å². The van der Waals surface area contributed by atoms with Gasteiger partial charge in [-0.05, 0) is 55.5 Å². The minimum atomic E-state index is 0.647. The van der Waals surface area contributed by atoms with Crippen LogP contribution in [0.3, 0.4) is 0 Å². The average Bonchev–Trinajstić information content (AvgIpc) is 2.94. The van der Waals surface area contributed by atoms with Crippen molar-refractivity contribution >= 4 is 0 Å². The van der Waals surface area contributed by atoms with Gasteiger partial charge in [0.05, 0.1) is 13.3 Å². The number of nitrogens with zero attached hydrogens (tertiary/aromatic N) is 2. The molecule has 3 heterocycles. The highest BCUT2D eigenvalue weighted by Crippen LogP contribution is 2.41. The molecule has 2 saturated heterocycles. The normalized spacial score (nSPS) is 30.6. The first kappa shape index (κ1) is 11.7. The Morgan fingerprint density at radius 3 is 3.00 bits per heavy atom. The second kappa shape index (κ2) is 4.50. The van der Waals surface area contributed by atoms with Crippen LogP contribution in [0.15, 0.2) is 18.2 Å². The fraction of sp³-hybridized carbons (Fsp3) is 0.625. The number of hydrogen-bond acceptors (Lipinski definition) is 3. The quantitative estimate of drug-likeness (QED) is 0.769. The zero-order chi connectivity index (χ0) is 12.8. The molecule has 2 atom stereocenters. The van der Waals surface area contributed by atoms with Gasteiger partial charge in [-0.3, -0.25) is 9.80 Å². The van der Waals surface area contributed by atoms with Crippen molar-refractivity contribution in [1.29, 1.82) is 0 Å². The van der Waals surface area contributed by atoms with E-state index in [4.69, 9.17) is 4.74 Å². The third-order valence-corrected chi connectivity index (χ3v) is 5.15. The van der Waals surface area contributed by atoms with Gasteiger partial charge in [0.25, 0.3) is 0 Å². The first-order valence-corrected chi connectivity index (χ1v) is 7.53. The largest absolute Gasteiger partial charge is 0.497 e. The van der Waals surface area contributed by atoms with E-state index in [1.807, 2.05) is 0 Å². The molecule has 0 unspecified atom stereocenters. The molecule has 1 aromatic rings. The van der Waals surface area contributed by atoms with E-state index in [-0.39, 0.29) is 0 Å². The monoisotopic (exact) mass is 258 g/mol. The maximum absolute atomic E-state index is 5.36. The molecular weight excluding hydrogens is 236 g/mol. The van der Waals surface area contributed by atoms with Crippen LogP contribution in [0.4, 0.5) is 0 Å². The molecule has 0 aliphatic carbocycles. The maximum Gasteiger partial charge on any atom is 0.119 e. The number of hydrogen-bond donors (Lipinski definition) is 0. The van der Waals surface area contributed by atoms with Gasteiger partial charge in [0, 0.05) is 19.1 Å². The van der Waals surface area contributed by atoms with E-state index in [9.17, 15) is 0 Å². The molecule has 0 aromatic heterocycles. The van der Waals surface area contributed by atoms with E-state index in [1.54, 1.807) is 12.7 Å². The van der Waals surface area contributed by atoms with Crippen LogP contribution < -0.4 is 4.74 Å². The van der Waals surface area contributed by atoms with Crippen LogP contribution in [-0.2, 0) is 6.42 Å². The first-order valence-electron chi connectivity index (χ1n) is 7.53. The smallest absolute Gasteiger partial charge is 0.119 e. The summed E-state index contributed by atoms with van der Waals surface area (Å²) in [6.45, 7) is 3.80. The summed E-state index contributed by atoms with van der Waals surface area (Å²) in [4.78, 5) is 5.44. The van der Waals surface area contributed by atoms with Crippen molar-refractivity contribution in [3.05, 3.63) is 29.3 Å². The van der Waals surface area contributed by atoms with E-state index >= 15 is 0 Å². The van der Waals surface area contributed by atoms with Gasteiger partial charge >= 0.3 is 0 Å². The second-order valence-electron chi connectivity index (χ2n) is 6.02. The molecular formula is C16H22N2O. The Balaban J connectivity index is 1.68. The minimum absolute atomic E-state index is 0.647. The molecule has 0 N–H and O–H groups in total. The van der Waals surface area contributed by atoms with Crippen LogP contribution in [0, 0.1) is 0 Å². The van der Waals surface area contributed by atoms with Crippen LogP contribution in [0.1, 0.15) is 36.4 Å². The standard InChI is InChI=1S/C16H22N2O/c1-19-13-4-5-14-12(11-13)6-10-18-15(14)7-9-17-8-2-3-16(17)18/h4-5,11,15-16H,2-3,6-10H2,1H3/t15-,16-/m0/s1. The molecule has 102 valence electrons. The number of benzene rings is 1. The third-order valence-electron chi connectivity index (χ3n) is 5.15. The van der Waals surface area contributed by atoms with Crippen molar-refractivity contribution in [1.82, 2.24) is 9.80 Å². The predicted molar refractivity (Wildman–Crippen MR) is 75.4 cm³/mol. The molecule has 0 bridgehead atoms. The van der Waals surface area contributed by atoms with Crippen molar-refractivity contribution < 1.29 is 4.74 Å². The molecule has 19 heavy (non-hydrogen) atoms. The summed E-state index contributed by atoms with van der Waals surface area (Å²) >= 11 is 0. The number of fused-ring (bicyclic) bond motifs is 5. The number of methoxy groups -OCH3 is 1. The van der Waals surface area contributed by atoms with Gasteiger partial charge in [0.2, 0.25) is 0 Å². The maximum atomic E-state index is 5.36. The van der Waals surface area contributed by atoms with Gasteiger partial charge in [-0.2, -0.15) is 0 Å². The van der Waals surface area contributed by atoms with Gasteiger partial charge in [-0.1, -0.05) is 6.07 Å². The van der Waals surface area contributed by atoms with Crippen LogP contribution in [0.2, 0.25) is 0 Å². The molecule has 2 fully saturated rings. The predicted octanol–water partition coefficient (Wildman–Crippen LogP) is 2.42. The van der Waals surface area contributed by atoms with Crippen molar-refractivity contribution in [3.8, 4) is 5.75 Å². The lowest BCUT2D eigenvalue weighted by atomic mass is 9.88. The molecule has 3 aliphatic rings. The molecule has 3 aliphatic heterocycles. The van der Waals surface area contributed by atoms with Crippen LogP contribution in [0.5, 0.6) is 5.75 Å². The Morgan fingerprint density at radius 1 is 1.16 bits per heavy atom. The zero-order valence-electron chi connectivity index (χ0n) is 11.6. The lowest BCUT2D eigenvalue weighted by molar-refractivity contribution is -0.0150. The summed E-state index contributed by atoms with van der Waals surface area (Å²) in [6, 6.07) is 7.32. The van der Waals surface area contributed by atoms with Gasteiger partial charge in [0.15, 0.2) is 0 Å². The van der Waals surface area contributed by atoms with Crippen LogP contribution in [0.25, 0.3) is 0 Å². The van der Waals surface area contributed by atoms with E-state index in [0.717, 1.165) is 5.75 Å². The fourth-order valence-corrected chi connectivity index (χ4v) is 4.25. The van der Waals surface area contributed by atoms with E-state index in [2.05, 4.69) is 28.0 Å². The molecule has 4 rings (SSSR count). The topological polar surface area (TPSA) is 15.7 Å². The third kappa shape index (κ3) is 1.79. The number of ether oxygens (including phenoxy) is 1. The summed E-state index contributed by atoms with van der Waals surface area (Å²) < 4.78 is 5.36. The Morgan fingerprint density at radius 2 is 2.11 bits per heavy atom. The summed E-state index contributed by atoms with van der Waals surface area (Å²) in [5.74, 6) is 1.01. The van der Waals surface area contributed by atoms with Crippen molar-refractivity contribution in [2.75, 3.05) is 26.7 Å². The lowest BCUT2D eigenvalue weighted by Gasteiger charge is -2.48. The van der Waals surface area contributed by atoms with Gasteiger partial charge in [-0.25, -0.2) is 0 Å². The SMILES string of the molecule is COc1ccc2c(c1)CCN1[C@H]2CCN2CCC[C@@H]21. The second-order valence-corrected chi connectivity index (χ2v) is 6.02. The minimum Gasteiger partial charge on any atom is -0.497 e. The van der Waals surface area contributed by atoms with E-state index in [1.165, 1.54) is 50.9 Å². The van der Waals surface area contributed by atoms with E-state index < -0.39 is 0 Å². The van der Waals surface area contributed by atoms with Crippen molar-refractivity contribution in [2.45, 2.75) is 37.9 Å². The van der Waals surface area contributed by atoms with Crippen LogP contribution in [-0.4, -0.2) is 42.7 Å². The van der Waals surface area contributed by atoms with Crippen molar-refractivity contribution in [2.24, 2.45) is 0 Å². The highest BCUT2D eigenvalue weighted by molar-refractivity contribution is 5.39. The van der Waals surface area contributed by atoms with E-state index in [0.29, 0.717) is 12.2 Å².